The minimum atomic E-state index is -2.91. The van der Waals surface area contributed by atoms with E-state index in [-0.39, 0.29) is 18.5 Å². The molecule has 2 bridgehead atoms. The molecule has 2 aliphatic heterocycles. The van der Waals surface area contributed by atoms with E-state index in [0.717, 1.165) is 12.8 Å². The molecule has 158 valence electrons. The van der Waals surface area contributed by atoms with Gasteiger partial charge in [0.05, 0.1) is 12.4 Å². The van der Waals surface area contributed by atoms with E-state index in [2.05, 4.69) is 35.5 Å². The van der Waals surface area contributed by atoms with Gasteiger partial charge in [0, 0.05) is 18.2 Å². The smallest absolute Gasteiger partial charge is 0.388 e. The number of piperidine rings is 2. The number of H-pyrrole nitrogens is 1. The lowest BCUT2D eigenvalue weighted by Crippen LogP contribution is -2.51. The molecule has 0 amide bonds. The van der Waals surface area contributed by atoms with Gasteiger partial charge in [-0.1, -0.05) is 6.42 Å². The summed E-state index contributed by atoms with van der Waals surface area (Å²) in [5, 5.41) is 19.6. The van der Waals surface area contributed by atoms with Crippen molar-refractivity contribution in [2.45, 2.75) is 56.9 Å². The van der Waals surface area contributed by atoms with E-state index in [4.69, 9.17) is 14.6 Å². The van der Waals surface area contributed by atoms with Crippen molar-refractivity contribution in [3.8, 4) is 11.8 Å². The van der Waals surface area contributed by atoms with E-state index in [9.17, 15) is 8.78 Å². The second kappa shape index (κ2) is 9.96. The molecule has 2 fully saturated rings. The standard InChI is InChI=1S/C16H20F2N6O2.CH2O2/c17-16(18)26-14-6-12(23-24-14)21-13-7-19-8-15(22-13)25-11-4-9-2-1-3-10(5-11)20-9;2-1-3/h6-11,16,20H,1-5H2,(H2,21,22,23,24);1H,(H,2,3)/t9-,10+,11?;. The summed E-state index contributed by atoms with van der Waals surface area (Å²) in [5.41, 5.74) is 0. The number of carboxylic acid groups (broad SMARTS) is 1. The van der Waals surface area contributed by atoms with Crippen LogP contribution in [-0.4, -0.2) is 56.5 Å². The summed E-state index contributed by atoms with van der Waals surface area (Å²) in [5.74, 6) is 0.999. The Labute approximate surface area is 165 Å². The number of ether oxygens (including phenoxy) is 2. The van der Waals surface area contributed by atoms with E-state index in [1.165, 1.54) is 31.5 Å². The van der Waals surface area contributed by atoms with Crippen molar-refractivity contribution in [2.75, 3.05) is 5.32 Å². The maximum atomic E-state index is 12.2. The molecule has 4 N–H and O–H groups in total. The third-order valence-electron chi connectivity index (χ3n) is 4.60. The number of alkyl halides is 2. The summed E-state index contributed by atoms with van der Waals surface area (Å²) in [6.45, 7) is -3.16. The molecule has 4 rings (SSSR count). The van der Waals surface area contributed by atoms with Gasteiger partial charge in [-0.15, -0.1) is 0 Å². The zero-order chi connectivity index (χ0) is 20.6. The Hall–Kier alpha value is -3.02. The molecular weight excluding hydrogens is 390 g/mol. The number of fused-ring (bicyclic) bond motifs is 2. The van der Waals surface area contributed by atoms with Gasteiger partial charge in [-0.2, -0.15) is 18.9 Å². The maximum Gasteiger partial charge on any atom is 0.388 e. The molecule has 12 heteroatoms. The molecule has 0 spiro atoms. The Balaban J connectivity index is 0.000000755. The fraction of sp³-hybridized carbons (Fsp3) is 0.529. The highest BCUT2D eigenvalue weighted by molar-refractivity contribution is 5.52. The van der Waals surface area contributed by atoms with Crippen LogP contribution in [0.2, 0.25) is 0 Å². The molecule has 29 heavy (non-hydrogen) atoms. The summed E-state index contributed by atoms with van der Waals surface area (Å²) in [4.78, 5) is 16.8. The first kappa shape index (κ1) is 20.7. The first-order valence-corrected chi connectivity index (χ1v) is 9.15. The van der Waals surface area contributed by atoms with Crippen molar-refractivity contribution in [3.05, 3.63) is 18.5 Å². The van der Waals surface area contributed by atoms with Crippen LogP contribution in [0.1, 0.15) is 32.1 Å². The molecule has 1 unspecified atom stereocenters. The highest BCUT2D eigenvalue weighted by Gasteiger charge is 2.32. The molecule has 0 radical (unpaired) electrons. The average Bonchev–Trinajstić information content (AvgIpc) is 3.08. The van der Waals surface area contributed by atoms with Gasteiger partial charge in [0.15, 0.2) is 11.6 Å². The first-order chi connectivity index (χ1) is 14.1. The minimum Gasteiger partial charge on any atom is -0.483 e. The number of nitrogens with zero attached hydrogens (tertiary/aromatic N) is 3. The average molecular weight is 412 g/mol. The molecule has 0 aromatic carbocycles. The van der Waals surface area contributed by atoms with Gasteiger partial charge in [0.25, 0.3) is 6.47 Å². The summed E-state index contributed by atoms with van der Waals surface area (Å²) in [7, 11) is 0. The number of halogens is 2. The number of nitrogens with one attached hydrogen (secondary N) is 3. The molecule has 2 aromatic rings. The molecule has 2 aliphatic rings. The van der Waals surface area contributed by atoms with Gasteiger partial charge >= 0.3 is 6.61 Å². The molecule has 4 heterocycles. The van der Waals surface area contributed by atoms with E-state index in [1.807, 2.05) is 0 Å². The van der Waals surface area contributed by atoms with E-state index < -0.39 is 6.61 Å². The predicted molar refractivity (Wildman–Crippen MR) is 97.4 cm³/mol. The lowest BCUT2D eigenvalue weighted by Gasteiger charge is -2.39. The summed E-state index contributed by atoms with van der Waals surface area (Å²) in [6.07, 6.45) is 8.76. The molecule has 0 aliphatic carbocycles. The van der Waals surface area contributed by atoms with Gasteiger partial charge in [-0.25, -0.2) is 5.10 Å². The molecule has 0 saturated carbocycles. The van der Waals surface area contributed by atoms with Crippen molar-refractivity contribution in [1.29, 1.82) is 0 Å². The molecule has 2 saturated heterocycles. The second-order valence-electron chi connectivity index (χ2n) is 6.67. The van der Waals surface area contributed by atoms with Gasteiger partial charge in [0.1, 0.15) is 6.10 Å². The number of anilines is 2. The van der Waals surface area contributed by atoms with Crippen LogP contribution in [0.25, 0.3) is 0 Å². The summed E-state index contributed by atoms with van der Waals surface area (Å²) < 4.78 is 34.6. The molecule has 2 aromatic heterocycles. The van der Waals surface area contributed by atoms with Crippen LogP contribution >= 0.6 is 0 Å². The third kappa shape index (κ3) is 6.24. The lowest BCUT2D eigenvalue weighted by atomic mass is 9.85. The second-order valence-corrected chi connectivity index (χ2v) is 6.67. The van der Waals surface area contributed by atoms with Gasteiger partial charge in [0.2, 0.25) is 11.8 Å². The maximum absolute atomic E-state index is 12.2. The molecule has 10 nitrogen and oxygen atoms in total. The summed E-state index contributed by atoms with van der Waals surface area (Å²) >= 11 is 0. The van der Waals surface area contributed by atoms with E-state index >= 15 is 0 Å². The van der Waals surface area contributed by atoms with Crippen molar-refractivity contribution < 1.29 is 28.2 Å². The monoisotopic (exact) mass is 412 g/mol. The SMILES string of the molecule is FC(F)Oc1cc(Nc2cncc(OC3C[C@H]4CCC[C@@H](C3)N4)n2)n[nH]1.O=CO. The van der Waals surface area contributed by atoms with Gasteiger partial charge in [-0.05, 0) is 25.7 Å². The van der Waals surface area contributed by atoms with Crippen LogP contribution < -0.4 is 20.1 Å². The van der Waals surface area contributed by atoms with Crippen LogP contribution in [-0.2, 0) is 4.79 Å². The van der Waals surface area contributed by atoms with E-state index in [1.54, 1.807) is 6.20 Å². The first-order valence-electron chi connectivity index (χ1n) is 9.15. The Morgan fingerprint density at radius 1 is 1.24 bits per heavy atom. The Kier molecular flexibility index (Phi) is 7.11. The van der Waals surface area contributed by atoms with Crippen molar-refractivity contribution >= 4 is 18.1 Å². The number of hydrogen-bond acceptors (Lipinski definition) is 8. The fourth-order valence-electron chi connectivity index (χ4n) is 3.60. The van der Waals surface area contributed by atoms with Crippen LogP contribution in [0.4, 0.5) is 20.4 Å². The predicted octanol–water partition coefficient (Wildman–Crippen LogP) is 2.30. The van der Waals surface area contributed by atoms with Crippen LogP contribution in [0.15, 0.2) is 18.5 Å². The Morgan fingerprint density at radius 3 is 2.66 bits per heavy atom. The van der Waals surface area contributed by atoms with Crippen LogP contribution in [0.3, 0.4) is 0 Å². The number of carbonyl (C=O) groups is 1. The Bertz CT molecular complexity index is 781. The quantitative estimate of drug-likeness (QED) is 0.527. The number of rotatable bonds is 6. The Morgan fingerprint density at radius 2 is 1.97 bits per heavy atom. The third-order valence-corrected chi connectivity index (χ3v) is 4.60. The van der Waals surface area contributed by atoms with Crippen molar-refractivity contribution in [3.63, 3.8) is 0 Å². The lowest BCUT2D eigenvalue weighted by molar-refractivity contribution is -0.122. The minimum absolute atomic E-state index is 0.118. The van der Waals surface area contributed by atoms with Gasteiger partial charge < -0.3 is 25.2 Å². The number of aromatic amines is 1. The van der Waals surface area contributed by atoms with Crippen LogP contribution in [0.5, 0.6) is 11.8 Å². The largest absolute Gasteiger partial charge is 0.483 e. The fourth-order valence-corrected chi connectivity index (χ4v) is 3.60. The van der Waals surface area contributed by atoms with Crippen molar-refractivity contribution in [2.24, 2.45) is 0 Å². The highest BCUT2D eigenvalue weighted by Crippen LogP contribution is 2.28. The van der Waals surface area contributed by atoms with Crippen LogP contribution in [0, 0.1) is 0 Å². The van der Waals surface area contributed by atoms with Gasteiger partial charge in [-0.3, -0.25) is 9.78 Å². The number of aromatic nitrogens is 4. The normalized spacial score (nSPS) is 22.9. The zero-order valence-corrected chi connectivity index (χ0v) is 15.4. The molecule has 3 atom stereocenters. The molecular formula is C17H22F2N6O4. The van der Waals surface area contributed by atoms with E-state index in [0.29, 0.717) is 29.6 Å². The summed E-state index contributed by atoms with van der Waals surface area (Å²) in [6, 6.07) is 2.34. The number of hydrogen-bond donors (Lipinski definition) is 4. The van der Waals surface area contributed by atoms with Crippen molar-refractivity contribution in [1.82, 2.24) is 25.5 Å². The highest BCUT2D eigenvalue weighted by atomic mass is 19.3. The zero-order valence-electron chi connectivity index (χ0n) is 15.4. The topological polar surface area (TPSA) is 134 Å².